The maximum absolute atomic E-state index is 15.0. The van der Waals surface area contributed by atoms with Crippen LogP contribution in [0.1, 0.15) is 48.3 Å². The van der Waals surface area contributed by atoms with E-state index in [1.54, 1.807) is 12.1 Å². The van der Waals surface area contributed by atoms with Crippen LogP contribution in [0.5, 0.6) is 0 Å². The van der Waals surface area contributed by atoms with E-state index in [9.17, 15) is 4.39 Å². The van der Waals surface area contributed by atoms with Gasteiger partial charge in [0.2, 0.25) is 0 Å². The van der Waals surface area contributed by atoms with Crippen molar-refractivity contribution in [1.82, 2.24) is 0 Å². The molecule has 1 aliphatic carbocycles. The monoisotopic (exact) mass is 376 g/mol. The van der Waals surface area contributed by atoms with Gasteiger partial charge in [0.05, 0.1) is 0 Å². The maximum Gasteiger partial charge on any atom is 0.134 e. The molecule has 0 spiro atoms. The first-order valence-corrected chi connectivity index (χ1v) is 10.2. The second-order valence-electron chi connectivity index (χ2n) is 7.99. The first-order chi connectivity index (χ1) is 13.6. The van der Waals surface area contributed by atoms with Crippen molar-refractivity contribution in [3.63, 3.8) is 0 Å². The highest BCUT2D eigenvalue weighted by Gasteiger charge is 2.21. The van der Waals surface area contributed by atoms with Gasteiger partial charge in [0.15, 0.2) is 0 Å². The van der Waals surface area contributed by atoms with E-state index in [2.05, 4.69) is 24.8 Å². The largest absolute Gasteiger partial charge is 0.207 e. The highest BCUT2D eigenvalue weighted by molar-refractivity contribution is 5.84. The van der Waals surface area contributed by atoms with Crippen LogP contribution in [0.4, 0.5) is 8.78 Å². The van der Waals surface area contributed by atoms with Crippen LogP contribution in [0.25, 0.3) is 10.8 Å². The first-order valence-electron chi connectivity index (χ1n) is 10.2. The Balaban J connectivity index is 1.51. The fourth-order valence-electron chi connectivity index (χ4n) is 4.42. The molecule has 4 rings (SSSR count). The van der Waals surface area contributed by atoms with Crippen molar-refractivity contribution in [1.29, 1.82) is 0 Å². The smallest absolute Gasteiger partial charge is 0.134 e. The summed E-state index contributed by atoms with van der Waals surface area (Å²) < 4.78 is 28.1. The molecule has 144 valence electrons. The molecule has 0 nitrogen and oxygen atoms in total. The third-order valence-electron chi connectivity index (χ3n) is 6.23. The van der Waals surface area contributed by atoms with Gasteiger partial charge in [-0.1, -0.05) is 48.5 Å². The molecule has 0 bridgehead atoms. The lowest BCUT2D eigenvalue weighted by Gasteiger charge is -2.27. The van der Waals surface area contributed by atoms with Gasteiger partial charge in [-0.3, -0.25) is 0 Å². The van der Waals surface area contributed by atoms with Gasteiger partial charge in [0, 0.05) is 5.39 Å². The van der Waals surface area contributed by atoms with Crippen LogP contribution in [0, 0.1) is 17.6 Å². The minimum absolute atomic E-state index is 0.124. The average molecular weight is 376 g/mol. The Labute approximate surface area is 165 Å². The van der Waals surface area contributed by atoms with Crippen molar-refractivity contribution in [3.05, 3.63) is 95.6 Å². The average Bonchev–Trinajstić information content (AvgIpc) is 2.74. The van der Waals surface area contributed by atoms with Gasteiger partial charge in [-0.25, -0.2) is 8.78 Å². The number of allylic oxidation sites excluding steroid dienone is 1. The molecule has 0 saturated heterocycles. The Morgan fingerprint density at radius 1 is 0.857 bits per heavy atom. The van der Waals surface area contributed by atoms with Crippen LogP contribution in [0.2, 0.25) is 0 Å². The second-order valence-corrected chi connectivity index (χ2v) is 7.99. The third kappa shape index (κ3) is 4.01. The molecule has 0 aromatic heterocycles. The molecule has 28 heavy (non-hydrogen) atoms. The van der Waals surface area contributed by atoms with Gasteiger partial charge in [0.1, 0.15) is 11.6 Å². The first kappa shape index (κ1) is 18.9. The van der Waals surface area contributed by atoms with E-state index in [-0.39, 0.29) is 11.6 Å². The Morgan fingerprint density at radius 3 is 2.32 bits per heavy atom. The van der Waals surface area contributed by atoms with Gasteiger partial charge in [-0.2, -0.15) is 0 Å². The molecule has 0 radical (unpaired) electrons. The summed E-state index contributed by atoms with van der Waals surface area (Å²) >= 11 is 0. The predicted molar refractivity (Wildman–Crippen MR) is 113 cm³/mol. The molecule has 0 heterocycles. The summed E-state index contributed by atoms with van der Waals surface area (Å²) in [6, 6.07) is 16.6. The lowest BCUT2D eigenvalue weighted by molar-refractivity contribution is 0.376. The fourth-order valence-corrected chi connectivity index (χ4v) is 4.42. The summed E-state index contributed by atoms with van der Waals surface area (Å²) in [5, 5.41) is 1.67. The number of aryl methyl sites for hydroxylation is 2. The molecule has 1 saturated carbocycles. The van der Waals surface area contributed by atoms with Crippen molar-refractivity contribution in [2.75, 3.05) is 0 Å². The van der Waals surface area contributed by atoms with Crippen LogP contribution in [0.3, 0.4) is 0 Å². The van der Waals surface area contributed by atoms with Crippen molar-refractivity contribution >= 4 is 10.8 Å². The molecule has 3 aromatic carbocycles. The van der Waals surface area contributed by atoms with Crippen LogP contribution in [-0.2, 0) is 12.8 Å². The Bertz CT molecular complexity index is 964. The number of hydrogen-bond donors (Lipinski definition) is 0. The van der Waals surface area contributed by atoms with Crippen molar-refractivity contribution < 1.29 is 8.78 Å². The lowest BCUT2D eigenvalue weighted by atomic mass is 9.78. The van der Waals surface area contributed by atoms with Gasteiger partial charge in [-0.05, 0) is 84.6 Å². The van der Waals surface area contributed by atoms with Crippen molar-refractivity contribution in [2.45, 2.75) is 44.4 Å². The predicted octanol–water partition coefficient (Wildman–Crippen LogP) is 7.36. The summed E-state index contributed by atoms with van der Waals surface area (Å²) in [6.07, 6.45) is 8.15. The van der Waals surface area contributed by atoms with E-state index < -0.39 is 0 Å². The second kappa shape index (κ2) is 8.26. The highest BCUT2D eigenvalue weighted by Crippen LogP contribution is 2.37. The van der Waals surface area contributed by atoms with Gasteiger partial charge < -0.3 is 0 Å². The number of rotatable bonds is 5. The number of hydrogen-bond acceptors (Lipinski definition) is 0. The van der Waals surface area contributed by atoms with E-state index in [4.69, 9.17) is 0 Å². The van der Waals surface area contributed by atoms with E-state index in [1.165, 1.54) is 43.4 Å². The quantitative estimate of drug-likeness (QED) is 0.408. The summed E-state index contributed by atoms with van der Waals surface area (Å²) in [7, 11) is 0. The van der Waals surface area contributed by atoms with Gasteiger partial charge >= 0.3 is 0 Å². The Morgan fingerprint density at radius 2 is 1.61 bits per heavy atom. The molecule has 0 amide bonds. The standard InChI is InChI=1S/C26H26F2/c1-2-18-3-8-20(9-4-18)22-13-16-25-23(17-22)12-11-21(26(25)28)10-5-19-6-14-24(27)15-7-19/h2,6-7,11-18,20H,1,3-5,8-10H2. The lowest BCUT2D eigenvalue weighted by Crippen LogP contribution is -2.11. The minimum atomic E-state index is -0.241. The normalized spacial score (nSPS) is 19.6. The van der Waals surface area contributed by atoms with Crippen LogP contribution >= 0.6 is 0 Å². The molecule has 3 aromatic rings. The summed E-state index contributed by atoms with van der Waals surface area (Å²) in [6.45, 7) is 3.92. The molecule has 0 N–H and O–H groups in total. The third-order valence-corrected chi connectivity index (χ3v) is 6.23. The van der Waals surface area contributed by atoms with Crippen LogP contribution < -0.4 is 0 Å². The van der Waals surface area contributed by atoms with Gasteiger partial charge in [-0.15, -0.1) is 6.58 Å². The summed E-state index contributed by atoms with van der Waals surface area (Å²) in [5.41, 5.74) is 3.07. The van der Waals surface area contributed by atoms with Crippen LogP contribution in [-0.4, -0.2) is 0 Å². The summed E-state index contributed by atoms with van der Waals surface area (Å²) in [5.74, 6) is 0.857. The molecular formula is C26H26F2. The fraction of sp³-hybridized carbons (Fsp3) is 0.308. The zero-order chi connectivity index (χ0) is 19.5. The zero-order valence-corrected chi connectivity index (χ0v) is 16.1. The topological polar surface area (TPSA) is 0 Å². The molecule has 0 unspecified atom stereocenters. The van der Waals surface area contributed by atoms with Gasteiger partial charge in [0.25, 0.3) is 0 Å². The van der Waals surface area contributed by atoms with Crippen molar-refractivity contribution in [2.24, 2.45) is 5.92 Å². The van der Waals surface area contributed by atoms with Crippen molar-refractivity contribution in [3.8, 4) is 0 Å². The van der Waals surface area contributed by atoms with E-state index in [0.717, 1.165) is 16.5 Å². The molecule has 0 atom stereocenters. The molecule has 0 aliphatic heterocycles. The molecule has 1 fully saturated rings. The Kier molecular flexibility index (Phi) is 5.57. The van der Waals surface area contributed by atoms with E-state index in [1.807, 2.05) is 18.2 Å². The molecular weight excluding hydrogens is 350 g/mol. The number of benzene rings is 3. The highest BCUT2D eigenvalue weighted by atomic mass is 19.1. The van der Waals surface area contributed by atoms with E-state index in [0.29, 0.717) is 30.1 Å². The molecule has 2 heteroatoms. The Hall–Kier alpha value is -2.48. The molecule has 1 aliphatic rings. The zero-order valence-electron chi connectivity index (χ0n) is 16.1. The number of halogens is 2. The summed E-state index contributed by atoms with van der Waals surface area (Å²) in [4.78, 5) is 0. The minimum Gasteiger partial charge on any atom is -0.207 e. The van der Waals surface area contributed by atoms with Crippen LogP contribution in [0.15, 0.2) is 67.3 Å². The number of fused-ring (bicyclic) bond motifs is 1. The SMILES string of the molecule is C=CC1CCC(c2ccc3c(F)c(CCc4ccc(F)cc4)ccc3c2)CC1. The maximum atomic E-state index is 15.0. The van der Waals surface area contributed by atoms with E-state index >= 15 is 4.39 Å².